The van der Waals surface area contributed by atoms with Gasteiger partial charge in [-0.25, -0.2) is 13.1 Å². The van der Waals surface area contributed by atoms with E-state index < -0.39 is 10.0 Å². The van der Waals surface area contributed by atoms with Gasteiger partial charge in [0, 0.05) is 37.3 Å². The minimum atomic E-state index is -3.39. The van der Waals surface area contributed by atoms with Gasteiger partial charge in [-0.1, -0.05) is 6.92 Å². The van der Waals surface area contributed by atoms with Crippen molar-refractivity contribution in [1.29, 1.82) is 0 Å². The van der Waals surface area contributed by atoms with E-state index in [1.54, 1.807) is 24.0 Å². The van der Waals surface area contributed by atoms with Gasteiger partial charge in [0.2, 0.25) is 10.0 Å². The molecule has 1 aliphatic heterocycles. The Hall–Kier alpha value is -0.500. The summed E-state index contributed by atoms with van der Waals surface area (Å²) < 4.78 is 29.3. The second-order valence-electron chi connectivity index (χ2n) is 5.14. The molecule has 2 rings (SSSR count). The molecule has 1 unspecified atom stereocenters. The molecule has 114 valence electrons. The monoisotopic (exact) mass is 317 g/mol. The molecular formula is C13H23N3O2S2. The SMILES string of the molecule is CCCNCc1cc(S(=O)(=O)NC2CCSC2)cn1C. The van der Waals surface area contributed by atoms with Gasteiger partial charge in [0.1, 0.15) is 0 Å². The molecule has 1 aliphatic rings. The standard InChI is InChI=1S/C13H23N3O2S2/c1-3-5-14-8-12-7-13(9-16(12)2)20(17,18)15-11-4-6-19-10-11/h7,9,11,14-15H,3-6,8,10H2,1-2H3. The summed E-state index contributed by atoms with van der Waals surface area (Å²) in [5.41, 5.74) is 0.986. The van der Waals surface area contributed by atoms with E-state index in [1.807, 2.05) is 11.6 Å². The van der Waals surface area contributed by atoms with Gasteiger partial charge in [-0.2, -0.15) is 11.8 Å². The van der Waals surface area contributed by atoms with Crippen molar-refractivity contribution in [3.05, 3.63) is 18.0 Å². The van der Waals surface area contributed by atoms with Crippen molar-refractivity contribution < 1.29 is 8.42 Å². The molecule has 0 bridgehead atoms. The number of rotatable bonds is 7. The molecule has 0 radical (unpaired) electrons. The maximum Gasteiger partial charge on any atom is 0.242 e. The van der Waals surface area contributed by atoms with E-state index >= 15 is 0 Å². The minimum Gasteiger partial charge on any atom is -0.352 e. The lowest BCUT2D eigenvalue weighted by atomic mass is 10.3. The van der Waals surface area contributed by atoms with Crippen LogP contribution in [0.25, 0.3) is 0 Å². The highest BCUT2D eigenvalue weighted by molar-refractivity contribution is 7.99. The minimum absolute atomic E-state index is 0.0758. The summed E-state index contributed by atoms with van der Waals surface area (Å²) >= 11 is 1.80. The van der Waals surface area contributed by atoms with Crippen molar-refractivity contribution in [1.82, 2.24) is 14.6 Å². The van der Waals surface area contributed by atoms with E-state index in [1.165, 1.54) is 0 Å². The predicted molar refractivity (Wildman–Crippen MR) is 83.5 cm³/mol. The molecule has 1 aromatic rings. The number of nitrogens with one attached hydrogen (secondary N) is 2. The zero-order chi connectivity index (χ0) is 14.6. The van der Waals surface area contributed by atoms with Crippen LogP contribution in [0.5, 0.6) is 0 Å². The Labute approximate surface area is 125 Å². The van der Waals surface area contributed by atoms with Crippen molar-refractivity contribution in [2.24, 2.45) is 7.05 Å². The fraction of sp³-hybridized carbons (Fsp3) is 0.692. The summed E-state index contributed by atoms with van der Waals surface area (Å²) in [4.78, 5) is 0.366. The molecule has 1 saturated heterocycles. The maximum absolute atomic E-state index is 12.3. The first kappa shape index (κ1) is 15.9. The van der Waals surface area contributed by atoms with Crippen LogP contribution in [0.15, 0.2) is 17.2 Å². The molecule has 20 heavy (non-hydrogen) atoms. The molecule has 7 heteroatoms. The third-order valence-electron chi connectivity index (χ3n) is 3.38. The first-order chi connectivity index (χ1) is 9.53. The number of hydrogen-bond acceptors (Lipinski definition) is 4. The van der Waals surface area contributed by atoms with E-state index in [4.69, 9.17) is 0 Å². The number of aryl methyl sites for hydroxylation is 1. The number of hydrogen-bond donors (Lipinski definition) is 2. The smallest absolute Gasteiger partial charge is 0.242 e. The van der Waals surface area contributed by atoms with E-state index in [0.29, 0.717) is 11.4 Å². The third kappa shape index (κ3) is 4.00. The van der Waals surface area contributed by atoms with Crippen molar-refractivity contribution in [2.75, 3.05) is 18.1 Å². The maximum atomic E-state index is 12.3. The summed E-state index contributed by atoms with van der Waals surface area (Å²) in [7, 11) is -1.51. The molecule has 0 aliphatic carbocycles. The Balaban J connectivity index is 2.05. The van der Waals surface area contributed by atoms with Crippen molar-refractivity contribution in [3.8, 4) is 0 Å². The quantitative estimate of drug-likeness (QED) is 0.744. The molecular weight excluding hydrogens is 294 g/mol. The number of aromatic nitrogens is 1. The zero-order valence-corrected chi connectivity index (χ0v) is 13.7. The lowest BCUT2D eigenvalue weighted by molar-refractivity contribution is 0.563. The average Bonchev–Trinajstić information content (AvgIpc) is 3.00. The van der Waals surface area contributed by atoms with Crippen LogP contribution in [0.3, 0.4) is 0 Å². The van der Waals surface area contributed by atoms with Crippen LogP contribution < -0.4 is 10.0 Å². The van der Waals surface area contributed by atoms with Gasteiger partial charge < -0.3 is 9.88 Å². The molecule has 2 N–H and O–H groups in total. The number of nitrogens with zero attached hydrogens (tertiary/aromatic N) is 1. The van der Waals surface area contributed by atoms with Crippen LogP contribution in [-0.2, 0) is 23.6 Å². The molecule has 0 spiro atoms. The summed E-state index contributed by atoms with van der Waals surface area (Å²) in [6, 6.07) is 1.83. The van der Waals surface area contributed by atoms with E-state index in [0.717, 1.165) is 36.6 Å². The molecule has 1 fully saturated rings. The van der Waals surface area contributed by atoms with Crippen LogP contribution in [0.4, 0.5) is 0 Å². The summed E-state index contributed by atoms with van der Waals surface area (Å²) in [6.45, 7) is 3.74. The lowest BCUT2D eigenvalue weighted by Crippen LogP contribution is -2.34. The van der Waals surface area contributed by atoms with Crippen LogP contribution in [0, 0.1) is 0 Å². The number of sulfonamides is 1. The van der Waals surface area contributed by atoms with Gasteiger partial charge in [-0.15, -0.1) is 0 Å². The summed E-state index contributed by atoms with van der Waals surface area (Å²) in [5, 5.41) is 3.29. The van der Waals surface area contributed by atoms with Gasteiger partial charge in [-0.05, 0) is 31.2 Å². The second-order valence-corrected chi connectivity index (χ2v) is 8.00. The van der Waals surface area contributed by atoms with Gasteiger partial charge in [0.25, 0.3) is 0 Å². The Morgan fingerprint density at radius 2 is 2.30 bits per heavy atom. The Bertz CT molecular complexity index is 534. The van der Waals surface area contributed by atoms with Crippen LogP contribution in [0.1, 0.15) is 25.5 Å². The highest BCUT2D eigenvalue weighted by Crippen LogP contribution is 2.20. The summed E-state index contributed by atoms with van der Waals surface area (Å²) in [5.74, 6) is 1.91. The van der Waals surface area contributed by atoms with E-state index in [9.17, 15) is 8.42 Å². The predicted octanol–water partition coefficient (Wildman–Crippen LogP) is 1.31. The molecule has 1 aromatic heterocycles. The number of thioether (sulfide) groups is 1. The van der Waals surface area contributed by atoms with Crippen molar-refractivity contribution in [2.45, 2.75) is 37.2 Å². The second kappa shape index (κ2) is 6.98. The van der Waals surface area contributed by atoms with Gasteiger partial charge in [0.15, 0.2) is 0 Å². The molecule has 0 aromatic carbocycles. The molecule has 5 nitrogen and oxygen atoms in total. The molecule has 0 saturated carbocycles. The first-order valence-electron chi connectivity index (χ1n) is 6.99. The molecule has 2 heterocycles. The largest absolute Gasteiger partial charge is 0.352 e. The molecule has 0 amide bonds. The highest BCUT2D eigenvalue weighted by atomic mass is 32.2. The average molecular weight is 317 g/mol. The fourth-order valence-corrected chi connectivity index (χ4v) is 4.83. The van der Waals surface area contributed by atoms with E-state index in [-0.39, 0.29) is 6.04 Å². The van der Waals surface area contributed by atoms with Crippen LogP contribution in [-0.4, -0.2) is 37.1 Å². The topological polar surface area (TPSA) is 63.1 Å². The van der Waals surface area contributed by atoms with Crippen LogP contribution in [0.2, 0.25) is 0 Å². The third-order valence-corrected chi connectivity index (χ3v) is 6.03. The normalized spacial score (nSPS) is 19.6. The Morgan fingerprint density at radius 1 is 1.50 bits per heavy atom. The molecule has 1 atom stereocenters. The van der Waals surface area contributed by atoms with Gasteiger partial charge in [-0.3, -0.25) is 0 Å². The lowest BCUT2D eigenvalue weighted by Gasteiger charge is -2.10. The van der Waals surface area contributed by atoms with Gasteiger partial charge in [0.05, 0.1) is 4.90 Å². The Kier molecular flexibility index (Phi) is 5.54. The van der Waals surface area contributed by atoms with Gasteiger partial charge >= 0.3 is 0 Å². The zero-order valence-electron chi connectivity index (χ0n) is 12.1. The Morgan fingerprint density at radius 3 is 2.95 bits per heavy atom. The first-order valence-corrected chi connectivity index (χ1v) is 9.62. The van der Waals surface area contributed by atoms with E-state index in [2.05, 4.69) is 17.0 Å². The van der Waals surface area contributed by atoms with Crippen molar-refractivity contribution >= 4 is 21.8 Å². The van der Waals surface area contributed by atoms with Crippen LogP contribution >= 0.6 is 11.8 Å². The fourth-order valence-electron chi connectivity index (χ4n) is 2.21. The summed E-state index contributed by atoms with van der Waals surface area (Å²) in [6.07, 6.45) is 3.67. The van der Waals surface area contributed by atoms with Crippen molar-refractivity contribution in [3.63, 3.8) is 0 Å². The highest BCUT2D eigenvalue weighted by Gasteiger charge is 2.24.